The summed E-state index contributed by atoms with van der Waals surface area (Å²) in [5, 5.41) is 3.98. The van der Waals surface area contributed by atoms with Gasteiger partial charge in [0, 0.05) is 12.8 Å². The fourth-order valence-corrected chi connectivity index (χ4v) is 4.50. The van der Waals surface area contributed by atoms with Crippen LogP contribution in [0.5, 0.6) is 0 Å². The highest BCUT2D eigenvalue weighted by atomic mass is 32.2. The number of nitrogens with one attached hydrogen (secondary N) is 1. The second kappa shape index (κ2) is 5.73. The Morgan fingerprint density at radius 2 is 2.05 bits per heavy atom. The Labute approximate surface area is 119 Å². The second-order valence-electron chi connectivity index (χ2n) is 5.63. The monoisotopic (exact) mass is 299 g/mol. The molecule has 0 radical (unpaired) electrons. The van der Waals surface area contributed by atoms with Crippen molar-refractivity contribution in [1.29, 1.82) is 0 Å². The van der Waals surface area contributed by atoms with Crippen LogP contribution in [0.25, 0.3) is 0 Å². The van der Waals surface area contributed by atoms with E-state index in [1.165, 1.54) is 0 Å². The van der Waals surface area contributed by atoms with Gasteiger partial charge in [-0.25, -0.2) is 8.42 Å². The van der Waals surface area contributed by atoms with E-state index in [2.05, 4.69) is 9.82 Å². The number of nitrogens with zero attached hydrogens (tertiary/aromatic N) is 2. The number of hydrogen-bond donors (Lipinski definition) is 1. The predicted octanol–water partition coefficient (Wildman–Crippen LogP) is 1.92. The van der Waals surface area contributed by atoms with Crippen LogP contribution >= 0.6 is 0 Å². The Kier molecular flexibility index (Phi) is 3.98. The molecule has 0 amide bonds. The highest BCUT2D eigenvalue weighted by molar-refractivity contribution is 7.93. The molecule has 7 heteroatoms. The van der Waals surface area contributed by atoms with Crippen LogP contribution < -0.4 is 4.72 Å². The Morgan fingerprint density at radius 1 is 1.25 bits per heavy atom. The van der Waals surface area contributed by atoms with E-state index in [-0.39, 0.29) is 11.3 Å². The smallest absolute Gasteiger partial charge is 0.235 e. The minimum absolute atomic E-state index is 0.225. The summed E-state index contributed by atoms with van der Waals surface area (Å²) in [7, 11) is -3.28. The molecule has 1 N–H and O–H groups in total. The molecule has 2 heterocycles. The van der Waals surface area contributed by atoms with Crippen LogP contribution in [0.1, 0.15) is 44.6 Å². The van der Waals surface area contributed by atoms with Crippen LogP contribution in [0.2, 0.25) is 0 Å². The summed E-state index contributed by atoms with van der Waals surface area (Å²) in [5.41, 5.74) is 0.558. The zero-order chi connectivity index (χ0) is 14.0. The van der Waals surface area contributed by atoms with Gasteiger partial charge < -0.3 is 4.74 Å². The van der Waals surface area contributed by atoms with Crippen LogP contribution in [0.4, 0.5) is 5.69 Å². The molecule has 0 bridgehead atoms. The van der Waals surface area contributed by atoms with Gasteiger partial charge in [0.05, 0.1) is 29.8 Å². The molecule has 112 valence electrons. The first-order valence-corrected chi connectivity index (χ1v) is 8.83. The Bertz CT molecular complexity index is 543. The van der Waals surface area contributed by atoms with E-state index < -0.39 is 10.0 Å². The van der Waals surface area contributed by atoms with E-state index in [1.54, 1.807) is 17.1 Å². The lowest BCUT2D eigenvalue weighted by Crippen LogP contribution is -2.29. The van der Waals surface area contributed by atoms with Crippen molar-refractivity contribution in [2.75, 3.05) is 17.9 Å². The van der Waals surface area contributed by atoms with Gasteiger partial charge in [-0.2, -0.15) is 5.10 Å². The number of ether oxygens (including phenoxy) is 1. The molecule has 1 aliphatic heterocycles. The van der Waals surface area contributed by atoms with Gasteiger partial charge in [0.1, 0.15) is 0 Å². The number of anilines is 1. The molecule has 1 aromatic heterocycles. The van der Waals surface area contributed by atoms with Crippen LogP contribution in [-0.2, 0) is 14.8 Å². The summed E-state index contributed by atoms with van der Waals surface area (Å²) >= 11 is 0. The maximum atomic E-state index is 12.3. The minimum atomic E-state index is -3.28. The fourth-order valence-electron chi connectivity index (χ4n) is 2.94. The largest absolute Gasteiger partial charge is 0.379 e. The van der Waals surface area contributed by atoms with E-state index in [4.69, 9.17) is 4.74 Å². The lowest BCUT2D eigenvalue weighted by atomic mass is 10.0. The normalized spacial score (nSPS) is 24.9. The zero-order valence-electron chi connectivity index (χ0n) is 11.5. The summed E-state index contributed by atoms with van der Waals surface area (Å²) in [6, 6.07) is 0.225. The van der Waals surface area contributed by atoms with Crippen molar-refractivity contribution in [3.8, 4) is 0 Å². The van der Waals surface area contributed by atoms with Crippen molar-refractivity contribution in [2.24, 2.45) is 0 Å². The third-order valence-electron chi connectivity index (χ3n) is 4.13. The van der Waals surface area contributed by atoms with Gasteiger partial charge in [-0.15, -0.1) is 0 Å². The lowest BCUT2D eigenvalue weighted by molar-refractivity contribution is 0.184. The number of sulfonamides is 1. The number of aromatic nitrogens is 2. The average molecular weight is 299 g/mol. The van der Waals surface area contributed by atoms with E-state index >= 15 is 0 Å². The summed E-state index contributed by atoms with van der Waals surface area (Å²) in [5.74, 6) is 0. The van der Waals surface area contributed by atoms with E-state index in [1.807, 2.05) is 0 Å². The van der Waals surface area contributed by atoms with Gasteiger partial charge in [0.2, 0.25) is 10.0 Å². The molecule has 1 aliphatic carbocycles. The first-order valence-electron chi connectivity index (χ1n) is 7.29. The SMILES string of the molecule is O=S(=O)(Nc1cnn(C2CCOC2)c1)C1CCCCC1. The molecule has 1 aromatic rings. The van der Waals surface area contributed by atoms with Crippen molar-refractivity contribution in [2.45, 2.75) is 49.8 Å². The highest BCUT2D eigenvalue weighted by Gasteiger charge is 2.28. The quantitative estimate of drug-likeness (QED) is 0.922. The van der Waals surface area contributed by atoms with Gasteiger partial charge >= 0.3 is 0 Å². The first-order chi connectivity index (χ1) is 9.65. The fraction of sp³-hybridized carbons (Fsp3) is 0.769. The first kappa shape index (κ1) is 13.9. The number of rotatable bonds is 4. The van der Waals surface area contributed by atoms with Crippen LogP contribution in [0, 0.1) is 0 Å². The highest BCUT2D eigenvalue weighted by Crippen LogP contribution is 2.26. The second-order valence-corrected chi connectivity index (χ2v) is 7.59. The predicted molar refractivity (Wildman–Crippen MR) is 76.1 cm³/mol. The molecule has 1 saturated carbocycles. The van der Waals surface area contributed by atoms with Crippen LogP contribution in [0.15, 0.2) is 12.4 Å². The topological polar surface area (TPSA) is 73.2 Å². The molecule has 1 unspecified atom stereocenters. The van der Waals surface area contributed by atoms with Crippen LogP contribution in [-0.4, -0.2) is 36.7 Å². The van der Waals surface area contributed by atoms with Crippen molar-refractivity contribution in [3.05, 3.63) is 12.4 Å². The van der Waals surface area contributed by atoms with Crippen molar-refractivity contribution in [1.82, 2.24) is 9.78 Å². The Balaban J connectivity index is 1.67. The van der Waals surface area contributed by atoms with Crippen LogP contribution in [0.3, 0.4) is 0 Å². The number of hydrogen-bond acceptors (Lipinski definition) is 4. The maximum Gasteiger partial charge on any atom is 0.235 e. The van der Waals surface area contributed by atoms with Gasteiger partial charge in [0.25, 0.3) is 0 Å². The maximum absolute atomic E-state index is 12.3. The Morgan fingerprint density at radius 3 is 2.75 bits per heavy atom. The molecule has 0 spiro atoms. The van der Waals surface area contributed by atoms with Gasteiger partial charge in [-0.1, -0.05) is 19.3 Å². The molecule has 2 aliphatic rings. The molecule has 1 atom stereocenters. The van der Waals surface area contributed by atoms with E-state index in [0.29, 0.717) is 12.3 Å². The van der Waals surface area contributed by atoms with E-state index in [0.717, 1.165) is 45.1 Å². The van der Waals surface area contributed by atoms with Crippen molar-refractivity contribution >= 4 is 15.7 Å². The lowest BCUT2D eigenvalue weighted by Gasteiger charge is -2.21. The van der Waals surface area contributed by atoms with Gasteiger partial charge in [-0.3, -0.25) is 9.40 Å². The molecule has 0 aromatic carbocycles. The molecule has 3 rings (SSSR count). The van der Waals surface area contributed by atoms with Gasteiger partial charge in [0.15, 0.2) is 0 Å². The minimum Gasteiger partial charge on any atom is -0.379 e. The molecule has 2 fully saturated rings. The molecular weight excluding hydrogens is 278 g/mol. The summed E-state index contributed by atoms with van der Waals surface area (Å²) in [6.45, 7) is 1.39. The summed E-state index contributed by atoms with van der Waals surface area (Å²) in [6.07, 6.45) is 8.95. The third-order valence-corrected chi connectivity index (χ3v) is 6.00. The molecule has 20 heavy (non-hydrogen) atoms. The summed E-state index contributed by atoms with van der Waals surface area (Å²) < 4.78 is 34.4. The zero-order valence-corrected chi connectivity index (χ0v) is 12.3. The molecular formula is C13H21N3O3S. The third kappa shape index (κ3) is 2.98. The molecule has 6 nitrogen and oxygen atoms in total. The summed E-state index contributed by atoms with van der Waals surface area (Å²) in [4.78, 5) is 0. The van der Waals surface area contributed by atoms with Crippen molar-refractivity contribution < 1.29 is 13.2 Å². The average Bonchev–Trinajstić information content (AvgIpc) is 3.10. The molecule has 1 saturated heterocycles. The van der Waals surface area contributed by atoms with E-state index in [9.17, 15) is 8.42 Å². The van der Waals surface area contributed by atoms with Crippen molar-refractivity contribution in [3.63, 3.8) is 0 Å². The standard InChI is InChI=1S/C13H21N3O3S/c17-20(18,13-4-2-1-3-5-13)15-11-8-14-16(9-11)12-6-7-19-10-12/h8-9,12-13,15H,1-7,10H2. The Hall–Kier alpha value is -1.08. The van der Waals surface area contributed by atoms with Gasteiger partial charge in [-0.05, 0) is 19.3 Å².